The minimum Gasteiger partial charge on any atom is -0.481 e. The van der Waals surface area contributed by atoms with E-state index < -0.39 is 30.1 Å². The molecule has 1 unspecified atom stereocenters. The van der Waals surface area contributed by atoms with E-state index in [0.717, 1.165) is 0 Å². The van der Waals surface area contributed by atoms with Crippen LogP contribution in [0.5, 0.6) is 11.9 Å². The summed E-state index contributed by atoms with van der Waals surface area (Å²) in [7, 11) is 1.44. The van der Waals surface area contributed by atoms with Crippen LogP contribution in [0.1, 0.15) is 27.3 Å². The van der Waals surface area contributed by atoms with Gasteiger partial charge in [-0.1, -0.05) is 66.7 Å². The summed E-state index contributed by atoms with van der Waals surface area (Å²) in [6.45, 7) is 1.24. The van der Waals surface area contributed by atoms with E-state index in [1.54, 1.807) is 91.9 Å². The first kappa shape index (κ1) is 25.5. The number of ether oxygens (including phenoxy) is 3. The summed E-state index contributed by atoms with van der Waals surface area (Å²) >= 11 is 0. The number of rotatable bonds is 11. The molecule has 0 radical (unpaired) electrons. The first-order valence-electron chi connectivity index (χ1n) is 11.4. The molecule has 0 amide bonds. The summed E-state index contributed by atoms with van der Waals surface area (Å²) in [5, 5.41) is 10.5. The predicted molar refractivity (Wildman–Crippen MR) is 134 cm³/mol. The summed E-state index contributed by atoms with van der Waals surface area (Å²) in [5.74, 6) is -1.56. The number of benzene rings is 2. The smallest absolute Gasteiger partial charge is 0.348 e. The third kappa shape index (κ3) is 5.62. The van der Waals surface area contributed by atoms with E-state index in [0.29, 0.717) is 16.8 Å². The molecule has 0 fully saturated rings. The fourth-order valence-electron chi connectivity index (χ4n) is 3.95. The van der Waals surface area contributed by atoms with Crippen LogP contribution in [0.4, 0.5) is 0 Å². The Morgan fingerprint density at radius 1 is 0.919 bits per heavy atom. The number of hydrogen-bond donors (Lipinski definition) is 1. The molecule has 0 saturated carbocycles. The zero-order valence-electron chi connectivity index (χ0n) is 20.3. The van der Waals surface area contributed by atoms with Crippen LogP contribution >= 0.6 is 0 Å². The van der Waals surface area contributed by atoms with Gasteiger partial charge in [0.05, 0.1) is 7.11 Å². The van der Waals surface area contributed by atoms with Crippen LogP contribution < -0.4 is 9.47 Å². The lowest BCUT2D eigenvalue weighted by Crippen LogP contribution is -2.52. The molecule has 2 heterocycles. The lowest BCUT2D eigenvalue weighted by molar-refractivity contribution is -0.162. The van der Waals surface area contributed by atoms with Crippen molar-refractivity contribution >= 4 is 11.8 Å². The summed E-state index contributed by atoms with van der Waals surface area (Å²) in [6, 6.07) is 23.8. The average Bonchev–Trinajstić information content (AvgIpc) is 2.93. The lowest BCUT2D eigenvalue weighted by Gasteiger charge is -2.38. The molecule has 2 aromatic heterocycles. The first-order valence-corrected chi connectivity index (χ1v) is 11.4. The third-order valence-electron chi connectivity index (χ3n) is 5.62. The molecular weight excluding hydrogens is 474 g/mol. The number of Topliss-reactive ketones (excluding diaryl/α,β-unsaturated/α-hetero) is 1. The van der Waals surface area contributed by atoms with Crippen molar-refractivity contribution in [2.24, 2.45) is 0 Å². The van der Waals surface area contributed by atoms with Gasteiger partial charge < -0.3 is 19.3 Å². The van der Waals surface area contributed by atoms with Crippen molar-refractivity contribution in [3.05, 3.63) is 114 Å². The normalized spacial score (nSPS) is 11.9. The average molecular weight is 500 g/mol. The van der Waals surface area contributed by atoms with Crippen molar-refractivity contribution in [2.45, 2.75) is 18.6 Å². The molecule has 9 heteroatoms. The number of carboxylic acids is 1. The number of carbonyl (C=O) groups is 2. The van der Waals surface area contributed by atoms with Gasteiger partial charge in [-0.05, 0) is 30.2 Å². The maximum Gasteiger partial charge on any atom is 0.348 e. The molecule has 1 N–H and O–H groups in total. The van der Waals surface area contributed by atoms with Crippen LogP contribution in [0.25, 0.3) is 0 Å². The minimum atomic E-state index is -1.76. The zero-order chi connectivity index (χ0) is 26.3. The van der Waals surface area contributed by atoms with Crippen molar-refractivity contribution < 1.29 is 28.9 Å². The highest BCUT2D eigenvalue weighted by Gasteiger charge is 2.50. The van der Waals surface area contributed by atoms with Crippen molar-refractivity contribution in [1.29, 1.82) is 0 Å². The largest absolute Gasteiger partial charge is 0.481 e. The van der Waals surface area contributed by atoms with E-state index in [1.165, 1.54) is 13.3 Å². The van der Waals surface area contributed by atoms with Gasteiger partial charge in [-0.3, -0.25) is 9.78 Å². The highest BCUT2D eigenvalue weighted by molar-refractivity contribution is 5.95. The fourth-order valence-corrected chi connectivity index (χ4v) is 3.95. The minimum absolute atomic E-state index is 0.192. The van der Waals surface area contributed by atoms with E-state index in [1.807, 2.05) is 0 Å². The molecule has 0 bridgehead atoms. The van der Waals surface area contributed by atoms with Gasteiger partial charge in [0.15, 0.2) is 5.60 Å². The fraction of sp³-hybridized carbons (Fsp3) is 0.179. The Bertz CT molecular complexity index is 1310. The van der Waals surface area contributed by atoms with Gasteiger partial charge in [-0.2, -0.15) is 4.98 Å². The van der Waals surface area contributed by atoms with E-state index in [9.17, 15) is 14.7 Å². The number of aromatic nitrogens is 3. The van der Waals surface area contributed by atoms with Crippen LogP contribution in [0.2, 0.25) is 0 Å². The number of aliphatic carboxylic acids is 1. The van der Waals surface area contributed by atoms with Gasteiger partial charge in [-0.25, -0.2) is 9.78 Å². The van der Waals surface area contributed by atoms with E-state index in [2.05, 4.69) is 15.0 Å². The standard InChI is InChI=1S/C28H25N3O6/c1-19-17-24(35-2)31-27(30-19)37-25(26(33)34)28(20-11-5-3-6-12-20,21-13-7-4-8-14-21)36-18-23(32)22-15-9-10-16-29-22/h3-17,25H,18H2,1-2H3,(H,33,34). The summed E-state index contributed by atoms with van der Waals surface area (Å²) in [6.07, 6.45) is -0.194. The number of nitrogens with zero attached hydrogens (tertiary/aromatic N) is 3. The molecule has 0 spiro atoms. The molecule has 188 valence electrons. The van der Waals surface area contributed by atoms with Crippen LogP contribution in [-0.4, -0.2) is 51.6 Å². The Hall–Kier alpha value is -4.63. The molecular formula is C28H25N3O6. The van der Waals surface area contributed by atoms with Crippen molar-refractivity contribution in [3.63, 3.8) is 0 Å². The number of hydrogen-bond acceptors (Lipinski definition) is 8. The van der Waals surface area contributed by atoms with Crippen LogP contribution in [0.15, 0.2) is 91.1 Å². The third-order valence-corrected chi connectivity index (χ3v) is 5.62. The maximum atomic E-state index is 13.0. The molecule has 0 aliphatic rings. The number of pyridine rings is 1. The molecule has 0 saturated heterocycles. The van der Waals surface area contributed by atoms with Crippen LogP contribution in [0.3, 0.4) is 0 Å². The summed E-state index contributed by atoms with van der Waals surface area (Å²) in [4.78, 5) is 38.4. The Balaban J connectivity index is 1.87. The van der Waals surface area contributed by atoms with E-state index >= 15 is 0 Å². The highest BCUT2D eigenvalue weighted by Crippen LogP contribution is 2.39. The molecule has 4 rings (SSSR count). The highest BCUT2D eigenvalue weighted by atomic mass is 16.6. The Kier molecular flexibility index (Phi) is 7.85. The lowest BCUT2D eigenvalue weighted by atomic mass is 9.81. The second-order valence-corrected chi connectivity index (χ2v) is 8.06. The van der Waals surface area contributed by atoms with Gasteiger partial charge in [0.2, 0.25) is 17.8 Å². The quantitative estimate of drug-likeness (QED) is 0.307. The second-order valence-electron chi connectivity index (χ2n) is 8.06. The topological polar surface area (TPSA) is 121 Å². The number of carbonyl (C=O) groups excluding carboxylic acids is 1. The second kappa shape index (κ2) is 11.4. The number of methoxy groups -OCH3 is 1. The maximum absolute atomic E-state index is 13.0. The number of ketones is 1. The van der Waals surface area contributed by atoms with Gasteiger partial charge in [0.1, 0.15) is 12.3 Å². The van der Waals surface area contributed by atoms with Crippen molar-refractivity contribution in [1.82, 2.24) is 15.0 Å². The number of aryl methyl sites for hydroxylation is 1. The Morgan fingerprint density at radius 3 is 2.08 bits per heavy atom. The Labute approximate surface area is 213 Å². The molecule has 1 atom stereocenters. The molecule has 2 aromatic carbocycles. The summed E-state index contributed by atoms with van der Waals surface area (Å²) in [5.41, 5.74) is -0.137. The van der Waals surface area contributed by atoms with Gasteiger partial charge in [0, 0.05) is 18.0 Å². The monoisotopic (exact) mass is 499 g/mol. The van der Waals surface area contributed by atoms with Crippen molar-refractivity contribution in [2.75, 3.05) is 13.7 Å². The summed E-state index contributed by atoms with van der Waals surface area (Å²) < 4.78 is 17.5. The first-order chi connectivity index (χ1) is 17.9. The van der Waals surface area contributed by atoms with Gasteiger partial charge in [-0.15, -0.1) is 0 Å². The van der Waals surface area contributed by atoms with Crippen molar-refractivity contribution in [3.8, 4) is 11.9 Å². The molecule has 4 aromatic rings. The zero-order valence-corrected chi connectivity index (χ0v) is 20.3. The van der Waals surface area contributed by atoms with E-state index in [4.69, 9.17) is 14.2 Å². The van der Waals surface area contributed by atoms with Crippen LogP contribution in [-0.2, 0) is 15.1 Å². The van der Waals surface area contributed by atoms with Crippen LogP contribution in [0, 0.1) is 6.92 Å². The molecule has 0 aliphatic carbocycles. The SMILES string of the molecule is COc1cc(C)nc(OC(C(=O)O)C(OCC(=O)c2ccccn2)(c2ccccc2)c2ccccc2)n1. The predicted octanol–water partition coefficient (Wildman–Crippen LogP) is 3.86. The number of carboxylic acid groups (broad SMARTS) is 1. The Morgan fingerprint density at radius 2 is 1.54 bits per heavy atom. The van der Waals surface area contributed by atoms with E-state index in [-0.39, 0.29) is 17.6 Å². The molecule has 0 aliphatic heterocycles. The molecule has 9 nitrogen and oxygen atoms in total. The molecule has 37 heavy (non-hydrogen) atoms. The van der Waals surface area contributed by atoms with Gasteiger partial charge in [0.25, 0.3) is 0 Å². The van der Waals surface area contributed by atoms with Gasteiger partial charge >= 0.3 is 12.0 Å².